The average Bonchev–Trinajstić information content (AvgIpc) is 3.26. The van der Waals surface area contributed by atoms with Crippen LogP contribution < -0.4 is 4.90 Å². The normalized spacial score (nSPS) is 19.4. The van der Waals surface area contributed by atoms with Crippen LogP contribution >= 0.6 is 0 Å². The van der Waals surface area contributed by atoms with E-state index in [0.29, 0.717) is 19.6 Å². The van der Waals surface area contributed by atoms with Gasteiger partial charge in [0.15, 0.2) is 0 Å². The summed E-state index contributed by atoms with van der Waals surface area (Å²) in [6.45, 7) is 4.61. The number of hydrogen-bond donors (Lipinski definition) is 0. The largest absolute Gasteiger partial charge is 0.453 e. The van der Waals surface area contributed by atoms with Gasteiger partial charge in [0.25, 0.3) is 0 Å². The fraction of sp³-hybridized carbons (Fsp3) is 0.440. The number of amides is 2. The molecule has 0 saturated carbocycles. The Morgan fingerprint density at radius 1 is 1.13 bits per heavy atom. The molecule has 31 heavy (non-hydrogen) atoms. The number of benzene rings is 2. The van der Waals surface area contributed by atoms with E-state index < -0.39 is 0 Å². The molecule has 1 aliphatic carbocycles. The molecule has 1 aliphatic heterocycles. The van der Waals surface area contributed by atoms with E-state index >= 15 is 0 Å². The number of ether oxygens (including phenoxy) is 2. The molecule has 0 radical (unpaired) electrons. The summed E-state index contributed by atoms with van der Waals surface area (Å²) < 4.78 is 10.6. The van der Waals surface area contributed by atoms with Gasteiger partial charge in [0, 0.05) is 18.2 Å². The van der Waals surface area contributed by atoms with Crippen molar-refractivity contribution >= 4 is 17.9 Å². The van der Waals surface area contributed by atoms with E-state index in [0.717, 1.165) is 36.1 Å². The predicted molar refractivity (Wildman–Crippen MR) is 119 cm³/mol. The first-order chi connectivity index (χ1) is 15.0. The summed E-state index contributed by atoms with van der Waals surface area (Å²) in [5.74, 6) is 0. The van der Waals surface area contributed by atoms with Crippen molar-refractivity contribution in [2.45, 2.75) is 58.2 Å². The molecule has 6 nitrogen and oxygen atoms in total. The fourth-order valence-electron chi connectivity index (χ4n) is 5.00. The zero-order chi connectivity index (χ0) is 22.0. The highest BCUT2D eigenvalue weighted by molar-refractivity contribution is 5.91. The topological polar surface area (TPSA) is 59.1 Å². The minimum absolute atomic E-state index is 0.112. The van der Waals surface area contributed by atoms with Gasteiger partial charge in [0.1, 0.15) is 0 Å². The van der Waals surface area contributed by atoms with E-state index in [4.69, 9.17) is 9.47 Å². The average molecular weight is 423 g/mol. The number of anilines is 1. The lowest BCUT2D eigenvalue weighted by atomic mass is 9.86. The minimum atomic E-state index is -0.354. The van der Waals surface area contributed by atoms with Crippen molar-refractivity contribution in [3.8, 4) is 0 Å². The molecule has 2 aromatic rings. The number of nitrogens with zero attached hydrogens (tertiary/aromatic N) is 2. The maximum Gasteiger partial charge on any atom is 0.414 e. The zero-order valence-corrected chi connectivity index (χ0v) is 18.5. The number of carbonyl (C=O) groups excluding carboxylic acids is 2. The monoisotopic (exact) mass is 422 g/mol. The Hall–Kier alpha value is -3.02. The lowest BCUT2D eigenvalue weighted by Crippen LogP contribution is -2.48. The third kappa shape index (κ3) is 3.99. The highest BCUT2D eigenvalue weighted by Crippen LogP contribution is 2.46. The lowest BCUT2D eigenvalue weighted by molar-refractivity contribution is 0.0940. The molecule has 6 heteroatoms. The van der Waals surface area contributed by atoms with Crippen LogP contribution in [0.4, 0.5) is 15.3 Å². The SMILES string of the molecule is CCOC(=O)N1c2ccc3c(c2[C@@H](N(Cc2ccccc2)C(=O)OC)C[C@H]1C)CCC3. The molecular formula is C25H30N2O4. The van der Waals surface area contributed by atoms with Crippen molar-refractivity contribution in [2.24, 2.45) is 0 Å². The summed E-state index contributed by atoms with van der Waals surface area (Å²) in [4.78, 5) is 29.3. The second kappa shape index (κ2) is 9.00. The Kier molecular flexibility index (Phi) is 6.16. The second-order valence-electron chi connectivity index (χ2n) is 8.24. The summed E-state index contributed by atoms with van der Waals surface area (Å²) in [6, 6.07) is 13.8. The van der Waals surface area contributed by atoms with Gasteiger partial charge >= 0.3 is 12.2 Å². The summed E-state index contributed by atoms with van der Waals surface area (Å²) in [5, 5.41) is 0. The van der Waals surface area contributed by atoms with Crippen LogP contribution in [0.15, 0.2) is 42.5 Å². The predicted octanol–water partition coefficient (Wildman–Crippen LogP) is 5.24. The highest BCUT2D eigenvalue weighted by Gasteiger charge is 2.41. The molecule has 0 saturated heterocycles. The number of rotatable bonds is 4. The lowest BCUT2D eigenvalue weighted by Gasteiger charge is -2.43. The Morgan fingerprint density at radius 2 is 1.90 bits per heavy atom. The summed E-state index contributed by atoms with van der Waals surface area (Å²) in [5.41, 5.74) is 5.55. The molecule has 1 heterocycles. The van der Waals surface area contributed by atoms with E-state index in [1.54, 1.807) is 4.90 Å². The van der Waals surface area contributed by atoms with Crippen LogP contribution in [0, 0.1) is 0 Å². The van der Waals surface area contributed by atoms with Crippen molar-refractivity contribution < 1.29 is 19.1 Å². The molecule has 0 N–H and O–H groups in total. The van der Waals surface area contributed by atoms with Gasteiger partial charge in [-0.15, -0.1) is 0 Å². The fourth-order valence-corrected chi connectivity index (χ4v) is 5.00. The van der Waals surface area contributed by atoms with Crippen LogP contribution in [-0.2, 0) is 28.9 Å². The van der Waals surface area contributed by atoms with Gasteiger partial charge in [0.05, 0.1) is 25.4 Å². The summed E-state index contributed by atoms with van der Waals surface area (Å²) in [7, 11) is 1.42. The van der Waals surface area contributed by atoms with Gasteiger partial charge in [-0.1, -0.05) is 36.4 Å². The van der Waals surface area contributed by atoms with Crippen molar-refractivity contribution in [1.82, 2.24) is 4.90 Å². The molecule has 4 rings (SSSR count). The first-order valence-corrected chi connectivity index (χ1v) is 11.0. The van der Waals surface area contributed by atoms with Gasteiger partial charge in [-0.05, 0) is 62.3 Å². The second-order valence-corrected chi connectivity index (χ2v) is 8.24. The van der Waals surface area contributed by atoms with Crippen molar-refractivity contribution in [3.63, 3.8) is 0 Å². The van der Waals surface area contributed by atoms with E-state index in [-0.39, 0.29) is 24.3 Å². The van der Waals surface area contributed by atoms with E-state index in [2.05, 4.69) is 6.07 Å². The van der Waals surface area contributed by atoms with Gasteiger partial charge < -0.3 is 9.47 Å². The summed E-state index contributed by atoms with van der Waals surface area (Å²) in [6.07, 6.45) is 3.02. The quantitative estimate of drug-likeness (QED) is 0.676. The molecule has 2 atom stereocenters. The molecule has 2 aliphatic rings. The van der Waals surface area contributed by atoms with Crippen LogP contribution in [0.5, 0.6) is 0 Å². The number of aryl methyl sites for hydroxylation is 1. The smallest absolute Gasteiger partial charge is 0.414 e. The third-order valence-corrected chi connectivity index (χ3v) is 6.35. The van der Waals surface area contributed by atoms with E-state index in [9.17, 15) is 9.59 Å². The van der Waals surface area contributed by atoms with Crippen molar-refractivity contribution in [1.29, 1.82) is 0 Å². The Morgan fingerprint density at radius 3 is 2.61 bits per heavy atom. The molecule has 0 aromatic heterocycles. The number of hydrogen-bond acceptors (Lipinski definition) is 4. The standard InChI is InChI=1S/C25H30N2O4/c1-4-31-25(29)27-17(2)15-22(23-20-12-8-11-19(20)13-14-21(23)27)26(24(28)30-3)16-18-9-6-5-7-10-18/h5-7,9-10,13-14,17,22H,4,8,11-12,15-16H2,1-3H3/t17-,22+/m1/s1. The molecule has 2 aromatic carbocycles. The van der Waals surface area contributed by atoms with Gasteiger partial charge in [-0.25, -0.2) is 9.59 Å². The number of methoxy groups -OCH3 is 1. The van der Waals surface area contributed by atoms with Crippen molar-refractivity contribution in [3.05, 3.63) is 64.7 Å². The molecule has 0 spiro atoms. The molecular weight excluding hydrogens is 392 g/mol. The number of carbonyl (C=O) groups is 2. The van der Waals surface area contributed by atoms with Crippen LogP contribution in [0.25, 0.3) is 0 Å². The van der Waals surface area contributed by atoms with Crippen LogP contribution in [0.3, 0.4) is 0 Å². The molecule has 0 unspecified atom stereocenters. The van der Waals surface area contributed by atoms with Crippen LogP contribution in [-0.4, -0.2) is 36.8 Å². The summed E-state index contributed by atoms with van der Waals surface area (Å²) >= 11 is 0. The molecule has 164 valence electrons. The van der Waals surface area contributed by atoms with Gasteiger partial charge in [-0.3, -0.25) is 9.80 Å². The zero-order valence-electron chi connectivity index (χ0n) is 18.5. The van der Waals surface area contributed by atoms with Crippen LogP contribution in [0.2, 0.25) is 0 Å². The Balaban J connectivity index is 1.81. The maximum absolute atomic E-state index is 12.9. The maximum atomic E-state index is 12.9. The van der Waals surface area contributed by atoms with Gasteiger partial charge in [0.2, 0.25) is 0 Å². The molecule has 2 amide bonds. The van der Waals surface area contributed by atoms with E-state index in [1.807, 2.05) is 55.1 Å². The molecule has 0 bridgehead atoms. The first-order valence-electron chi connectivity index (χ1n) is 11.0. The van der Waals surface area contributed by atoms with Gasteiger partial charge in [-0.2, -0.15) is 0 Å². The highest BCUT2D eigenvalue weighted by atomic mass is 16.6. The van der Waals surface area contributed by atoms with Crippen LogP contribution in [0.1, 0.15) is 55.0 Å². The molecule has 0 fully saturated rings. The Labute approximate surface area is 183 Å². The van der Waals surface area contributed by atoms with Crippen molar-refractivity contribution in [2.75, 3.05) is 18.6 Å². The first kappa shape index (κ1) is 21.2. The third-order valence-electron chi connectivity index (χ3n) is 6.35. The number of fused-ring (bicyclic) bond motifs is 3. The Bertz CT molecular complexity index is 959. The van der Waals surface area contributed by atoms with E-state index in [1.165, 1.54) is 18.2 Å². The minimum Gasteiger partial charge on any atom is -0.453 e.